The molecule has 0 radical (unpaired) electrons. The minimum Gasteiger partial charge on any atom is -0.447 e. The van der Waals surface area contributed by atoms with Crippen LogP contribution >= 0.6 is 0 Å². The Kier molecular flexibility index (Phi) is 8.47. The van der Waals surface area contributed by atoms with Crippen LogP contribution in [0, 0.1) is 0 Å². The maximum absolute atomic E-state index is 12.1. The molecule has 2 atom stereocenters. The van der Waals surface area contributed by atoms with Crippen molar-refractivity contribution >= 4 is 17.6 Å². The summed E-state index contributed by atoms with van der Waals surface area (Å²) in [6, 6.07) is 6.43. The zero-order valence-corrected chi connectivity index (χ0v) is 14.7. The highest BCUT2D eigenvalue weighted by atomic mass is 19.4. The van der Waals surface area contributed by atoms with Crippen molar-refractivity contribution in [1.82, 2.24) is 4.90 Å². The number of hydrogen-bond donors (Lipinski definition) is 3. The molecule has 11 heteroatoms. The van der Waals surface area contributed by atoms with Crippen molar-refractivity contribution in [2.24, 2.45) is 11.5 Å². The van der Waals surface area contributed by atoms with Crippen molar-refractivity contribution in [3.05, 3.63) is 29.8 Å². The van der Waals surface area contributed by atoms with Crippen LogP contribution in [0.25, 0.3) is 0 Å². The maximum atomic E-state index is 12.1. The van der Waals surface area contributed by atoms with Gasteiger partial charge in [-0.25, -0.2) is 9.59 Å². The third kappa shape index (κ3) is 7.81. The third-order valence-corrected chi connectivity index (χ3v) is 3.67. The number of alkyl halides is 3. The van der Waals surface area contributed by atoms with E-state index in [9.17, 15) is 22.8 Å². The van der Waals surface area contributed by atoms with Crippen LogP contribution < -0.4 is 17.2 Å². The van der Waals surface area contributed by atoms with Gasteiger partial charge in [0.15, 0.2) is 12.8 Å². The number of anilines is 1. The predicted molar refractivity (Wildman–Crippen MR) is 91.1 cm³/mol. The molecule has 2 unspecified atom stereocenters. The molecule has 0 fully saturated rings. The first kappa shape index (κ1) is 22.7. The first-order valence-corrected chi connectivity index (χ1v) is 7.98. The van der Waals surface area contributed by atoms with Crippen LogP contribution in [0.4, 0.5) is 18.9 Å². The number of benzene rings is 1. The Hall–Kier alpha value is -2.37. The summed E-state index contributed by atoms with van der Waals surface area (Å²) in [6.45, 7) is -0.437. The lowest BCUT2D eigenvalue weighted by atomic mass is 10.0. The van der Waals surface area contributed by atoms with E-state index in [4.69, 9.17) is 21.9 Å². The van der Waals surface area contributed by atoms with Gasteiger partial charge in [-0.15, -0.1) is 0 Å². The third-order valence-electron chi connectivity index (χ3n) is 3.67. The molecule has 0 saturated heterocycles. The predicted octanol–water partition coefficient (Wildman–Crippen LogP) is 0.00390. The van der Waals surface area contributed by atoms with E-state index in [-0.39, 0.29) is 0 Å². The maximum Gasteiger partial charge on any atom is 0.490 e. The standard InChI is InChI=1S/C16H23F3N4O4/c1-23(7-6-20)12(8-10-2-4-11(21)5-3-10)14(22)27-13(24)9-26-15(25)16(17,18)19/h2-5,12,14H,6-9,20-22H2,1H3. The topological polar surface area (TPSA) is 134 Å². The molecule has 0 bridgehead atoms. The summed E-state index contributed by atoms with van der Waals surface area (Å²) in [7, 11) is 1.71. The molecule has 1 aromatic rings. The average molecular weight is 392 g/mol. The molecule has 0 aliphatic carbocycles. The highest BCUT2D eigenvalue weighted by Gasteiger charge is 2.41. The number of nitrogens with two attached hydrogens (primary N) is 3. The molecule has 0 saturated carbocycles. The SMILES string of the molecule is CN(CCN)C(Cc1ccc(N)cc1)C(N)OC(=O)COC(=O)C(F)(F)F. The number of rotatable bonds is 9. The number of carbonyl (C=O) groups is 2. The minimum absolute atomic E-state index is 0.318. The van der Waals surface area contributed by atoms with Crippen LogP contribution in [0.5, 0.6) is 0 Å². The van der Waals surface area contributed by atoms with Crippen molar-refractivity contribution < 1.29 is 32.2 Å². The van der Waals surface area contributed by atoms with Gasteiger partial charge in [-0.3, -0.25) is 10.6 Å². The molecular formula is C16H23F3N4O4. The summed E-state index contributed by atoms with van der Waals surface area (Å²) < 4.78 is 45.0. The molecular weight excluding hydrogens is 369 g/mol. The number of halogens is 3. The lowest BCUT2D eigenvalue weighted by Crippen LogP contribution is -2.51. The van der Waals surface area contributed by atoms with Crippen LogP contribution in [0.2, 0.25) is 0 Å². The fourth-order valence-electron chi connectivity index (χ4n) is 2.26. The number of hydrogen-bond acceptors (Lipinski definition) is 8. The zero-order chi connectivity index (χ0) is 20.6. The normalized spacial score (nSPS) is 13.9. The Bertz CT molecular complexity index is 625. The van der Waals surface area contributed by atoms with Crippen LogP contribution in [-0.2, 0) is 25.5 Å². The van der Waals surface area contributed by atoms with E-state index in [1.165, 1.54) is 0 Å². The monoisotopic (exact) mass is 392 g/mol. The Morgan fingerprint density at radius 2 is 1.81 bits per heavy atom. The van der Waals surface area contributed by atoms with E-state index in [1.807, 2.05) is 0 Å². The van der Waals surface area contributed by atoms with Gasteiger partial charge in [0.1, 0.15) is 0 Å². The fourth-order valence-corrected chi connectivity index (χ4v) is 2.26. The van der Waals surface area contributed by atoms with E-state index in [1.54, 1.807) is 36.2 Å². The van der Waals surface area contributed by atoms with Gasteiger partial charge in [0.2, 0.25) is 0 Å². The molecule has 152 valence electrons. The van der Waals surface area contributed by atoms with E-state index in [2.05, 4.69) is 4.74 Å². The molecule has 1 rings (SSSR count). The number of likely N-dealkylation sites (N-methyl/N-ethyl adjacent to an activating group) is 1. The van der Waals surface area contributed by atoms with Crippen LogP contribution in [0.1, 0.15) is 5.56 Å². The molecule has 6 N–H and O–H groups in total. The molecule has 0 spiro atoms. The number of carbonyl (C=O) groups excluding carboxylic acids is 2. The largest absolute Gasteiger partial charge is 0.490 e. The van der Waals surface area contributed by atoms with E-state index in [0.29, 0.717) is 25.2 Å². The van der Waals surface area contributed by atoms with Crippen molar-refractivity contribution in [3.63, 3.8) is 0 Å². The quantitative estimate of drug-likeness (QED) is 0.304. The van der Waals surface area contributed by atoms with Crippen LogP contribution in [-0.4, -0.2) is 62.0 Å². The molecule has 0 amide bonds. The second-order valence-electron chi connectivity index (χ2n) is 5.81. The van der Waals surface area contributed by atoms with E-state index >= 15 is 0 Å². The number of esters is 2. The summed E-state index contributed by atoms with van der Waals surface area (Å²) in [6.07, 6.45) is -6.01. The Balaban J connectivity index is 2.72. The molecule has 1 aromatic carbocycles. The summed E-state index contributed by atoms with van der Waals surface area (Å²) in [5, 5.41) is 0. The van der Waals surface area contributed by atoms with Gasteiger partial charge in [0, 0.05) is 18.8 Å². The van der Waals surface area contributed by atoms with Gasteiger partial charge < -0.3 is 20.9 Å². The smallest absolute Gasteiger partial charge is 0.447 e. The van der Waals surface area contributed by atoms with Gasteiger partial charge in [0.05, 0.1) is 6.04 Å². The second-order valence-corrected chi connectivity index (χ2v) is 5.81. The zero-order valence-electron chi connectivity index (χ0n) is 14.7. The van der Waals surface area contributed by atoms with Gasteiger partial charge in [0.25, 0.3) is 0 Å². The Morgan fingerprint density at radius 1 is 1.22 bits per heavy atom. The van der Waals surface area contributed by atoms with Crippen molar-refractivity contribution in [1.29, 1.82) is 0 Å². The van der Waals surface area contributed by atoms with Crippen molar-refractivity contribution in [2.45, 2.75) is 24.9 Å². The second kappa shape index (κ2) is 10.1. The average Bonchev–Trinajstić information content (AvgIpc) is 2.58. The highest BCUT2D eigenvalue weighted by molar-refractivity contribution is 5.79. The summed E-state index contributed by atoms with van der Waals surface area (Å²) in [5.74, 6) is -3.67. The van der Waals surface area contributed by atoms with Crippen molar-refractivity contribution in [2.75, 3.05) is 32.5 Å². The fraction of sp³-hybridized carbons (Fsp3) is 0.500. The first-order chi connectivity index (χ1) is 12.5. The van der Waals surface area contributed by atoms with E-state index < -0.39 is 37.0 Å². The Labute approximate surface area is 154 Å². The molecule has 0 aliphatic heterocycles. The van der Waals surface area contributed by atoms with Crippen molar-refractivity contribution in [3.8, 4) is 0 Å². The highest BCUT2D eigenvalue weighted by Crippen LogP contribution is 2.17. The number of ether oxygens (including phenoxy) is 2. The lowest BCUT2D eigenvalue weighted by Gasteiger charge is -2.32. The first-order valence-electron chi connectivity index (χ1n) is 7.98. The van der Waals surface area contributed by atoms with Crippen LogP contribution in [0.15, 0.2) is 24.3 Å². The number of nitrogen functional groups attached to an aromatic ring is 1. The lowest BCUT2D eigenvalue weighted by molar-refractivity contribution is -0.202. The molecule has 8 nitrogen and oxygen atoms in total. The van der Waals surface area contributed by atoms with Gasteiger partial charge in [-0.1, -0.05) is 12.1 Å². The number of nitrogens with zero attached hydrogens (tertiary/aromatic N) is 1. The molecule has 0 aliphatic rings. The summed E-state index contributed by atoms with van der Waals surface area (Å²) in [4.78, 5) is 24.1. The van der Waals surface area contributed by atoms with Gasteiger partial charge >= 0.3 is 18.1 Å². The Morgan fingerprint density at radius 3 is 2.33 bits per heavy atom. The summed E-state index contributed by atoms with van der Waals surface area (Å²) >= 11 is 0. The van der Waals surface area contributed by atoms with E-state index in [0.717, 1.165) is 5.56 Å². The van der Waals surface area contributed by atoms with Gasteiger partial charge in [-0.2, -0.15) is 13.2 Å². The minimum atomic E-state index is -5.19. The molecule has 27 heavy (non-hydrogen) atoms. The molecule has 0 heterocycles. The summed E-state index contributed by atoms with van der Waals surface area (Å²) in [5.41, 5.74) is 18.5. The van der Waals surface area contributed by atoms with Gasteiger partial charge in [-0.05, 0) is 31.2 Å². The van der Waals surface area contributed by atoms with Crippen LogP contribution in [0.3, 0.4) is 0 Å². The molecule has 0 aromatic heterocycles.